The van der Waals surface area contributed by atoms with Crippen LogP contribution in [0.5, 0.6) is 0 Å². The monoisotopic (exact) mass is 557 g/mol. The zero-order valence-corrected chi connectivity index (χ0v) is 23.3. The van der Waals surface area contributed by atoms with E-state index in [2.05, 4.69) is 20.0 Å². The molecule has 0 aliphatic carbocycles. The van der Waals surface area contributed by atoms with E-state index in [9.17, 15) is 21.6 Å². The van der Waals surface area contributed by atoms with Crippen molar-refractivity contribution in [2.24, 2.45) is 11.8 Å². The lowest BCUT2D eigenvalue weighted by Gasteiger charge is -2.34. The summed E-state index contributed by atoms with van der Waals surface area (Å²) < 4.78 is 55.4. The number of sulfonamides is 2. The van der Waals surface area contributed by atoms with Crippen molar-refractivity contribution in [2.45, 2.75) is 43.9 Å². The van der Waals surface area contributed by atoms with E-state index in [0.717, 1.165) is 6.42 Å². The highest BCUT2D eigenvalue weighted by molar-refractivity contribution is 7.92. The Labute approximate surface area is 223 Å². The summed E-state index contributed by atoms with van der Waals surface area (Å²) in [5.74, 6) is 0.104. The van der Waals surface area contributed by atoms with Gasteiger partial charge in [-0.15, -0.1) is 0 Å². The average molecular weight is 558 g/mol. The summed E-state index contributed by atoms with van der Waals surface area (Å²) in [6.07, 6.45) is 0.995. The maximum Gasteiger partial charge on any atom is 0.264 e. The van der Waals surface area contributed by atoms with E-state index in [1.165, 1.54) is 52.8 Å². The fraction of sp³-hybridized carbons (Fsp3) is 0.346. The number of amides is 1. The average Bonchev–Trinajstić information content (AvgIpc) is 2.83. The molecule has 1 aliphatic heterocycles. The van der Waals surface area contributed by atoms with Crippen LogP contribution in [0.2, 0.25) is 0 Å². The number of hydrogen-bond acceptors (Lipinski definition) is 7. The molecule has 2 unspecified atom stereocenters. The van der Waals surface area contributed by atoms with Gasteiger partial charge in [0.25, 0.3) is 15.9 Å². The lowest BCUT2D eigenvalue weighted by molar-refractivity contribution is 0.102. The number of benzene rings is 2. The molecule has 1 aliphatic rings. The van der Waals surface area contributed by atoms with Gasteiger partial charge in [-0.1, -0.05) is 13.8 Å². The summed E-state index contributed by atoms with van der Waals surface area (Å²) in [5, 5.41) is 2.70. The smallest absolute Gasteiger partial charge is 0.264 e. The largest absolute Gasteiger partial charge is 0.322 e. The number of aryl methyl sites for hydroxylation is 2. The Morgan fingerprint density at radius 3 is 1.92 bits per heavy atom. The van der Waals surface area contributed by atoms with Crippen molar-refractivity contribution in [2.75, 3.05) is 23.1 Å². The second-order valence-electron chi connectivity index (χ2n) is 9.85. The SMILES string of the molecule is Cc1cc(C)nc(NS(=O)(=O)c2ccc(NC(=O)c3ccc(S(=O)(=O)N4CC(C)CC(C)C4)cc3)cc2)n1. The van der Waals surface area contributed by atoms with Crippen LogP contribution in [0.15, 0.2) is 64.4 Å². The molecule has 202 valence electrons. The quantitative estimate of drug-likeness (QED) is 0.450. The first-order valence-electron chi connectivity index (χ1n) is 12.2. The summed E-state index contributed by atoms with van der Waals surface area (Å²) in [6, 6.07) is 13.2. The van der Waals surface area contributed by atoms with Gasteiger partial charge in [-0.3, -0.25) is 4.79 Å². The van der Waals surface area contributed by atoms with Crippen molar-refractivity contribution in [3.8, 4) is 0 Å². The molecule has 38 heavy (non-hydrogen) atoms. The molecular weight excluding hydrogens is 526 g/mol. The summed E-state index contributed by atoms with van der Waals surface area (Å²) in [5.41, 5.74) is 1.92. The first-order valence-corrected chi connectivity index (χ1v) is 15.1. The molecule has 1 amide bonds. The third-order valence-corrected chi connectivity index (χ3v) is 9.41. The molecule has 0 saturated carbocycles. The van der Waals surface area contributed by atoms with E-state index in [-0.39, 0.29) is 33.1 Å². The molecule has 3 aromatic rings. The van der Waals surface area contributed by atoms with Crippen LogP contribution in [0.3, 0.4) is 0 Å². The van der Waals surface area contributed by atoms with Gasteiger partial charge in [0.05, 0.1) is 9.79 Å². The number of anilines is 2. The number of hydrogen-bond donors (Lipinski definition) is 2. The summed E-state index contributed by atoms with van der Waals surface area (Å²) >= 11 is 0. The number of rotatable bonds is 7. The molecular formula is C26H31N5O5S2. The van der Waals surface area contributed by atoms with Gasteiger partial charge in [0.15, 0.2) is 0 Å². The first kappa shape index (κ1) is 27.7. The Hall–Kier alpha value is -3.35. The Morgan fingerprint density at radius 1 is 0.842 bits per heavy atom. The van der Waals surface area contributed by atoms with Crippen molar-refractivity contribution >= 4 is 37.6 Å². The van der Waals surface area contributed by atoms with Crippen LogP contribution in [-0.4, -0.2) is 50.1 Å². The maximum absolute atomic E-state index is 13.1. The van der Waals surface area contributed by atoms with Gasteiger partial charge >= 0.3 is 0 Å². The molecule has 1 saturated heterocycles. The summed E-state index contributed by atoms with van der Waals surface area (Å²) in [4.78, 5) is 21.0. The molecule has 1 aromatic heterocycles. The highest BCUT2D eigenvalue weighted by Gasteiger charge is 2.31. The van der Waals surface area contributed by atoms with Gasteiger partial charge in [-0.2, -0.15) is 4.31 Å². The third-order valence-electron chi connectivity index (χ3n) is 6.22. The second kappa shape index (κ2) is 10.8. The molecule has 2 heterocycles. The van der Waals surface area contributed by atoms with Crippen molar-refractivity contribution in [1.29, 1.82) is 0 Å². The van der Waals surface area contributed by atoms with E-state index >= 15 is 0 Å². The minimum Gasteiger partial charge on any atom is -0.322 e. The third kappa shape index (κ3) is 6.37. The molecule has 4 rings (SSSR count). The minimum absolute atomic E-state index is 0.0188. The zero-order valence-electron chi connectivity index (χ0n) is 21.7. The van der Waals surface area contributed by atoms with Crippen LogP contribution >= 0.6 is 0 Å². The molecule has 0 bridgehead atoms. The highest BCUT2D eigenvalue weighted by atomic mass is 32.2. The molecule has 2 N–H and O–H groups in total. The van der Waals surface area contributed by atoms with Crippen molar-refractivity contribution in [3.05, 3.63) is 71.5 Å². The summed E-state index contributed by atoms with van der Waals surface area (Å²) in [7, 11) is -7.57. The second-order valence-corrected chi connectivity index (χ2v) is 13.5. The predicted molar refractivity (Wildman–Crippen MR) is 145 cm³/mol. The number of carbonyl (C=O) groups excluding carboxylic acids is 1. The molecule has 12 heteroatoms. The molecule has 10 nitrogen and oxygen atoms in total. The standard InChI is InChI=1S/C26H31N5O5S2/c1-17-13-18(2)16-31(15-17)38(35,36)24-9-5-21(6-10-24)25(32)29-22-7-11-23(12-8-22)37(33,34)30-26-27-19(3)14-20(4)28-26/h5-12,14,17-18H,13,15-16H2,1-4H3,(H,29,32)(H,27,28,30). The van der Waals surface area contributed by atoms with Crippen LogP contribution < -0.4 is 10.0 Å². The van der Waals surface area contributed by atoms with Gasteiger partial charge < -0.3 is 5.32 Å². The van der Waals surface area contributed by atoms with Gasteiger partial charge in [0.1, 0.15) is 0 Å². The number of aromatic nitrogens is 2. The Kier molecular flexibility index (Phi) is 7.86. The molecule has 0 radical (unpaired) electrons. The lowest BCUT2D eigenvalue weighted by Crippen LogP contribution is -2.42. The lowest BCUT2D eigenvalue weighted by atomic mass is 9.94. The Balaban J connectivity index is 1.42. The molecule has 2 atom stereocenters. The van der Waals surface area contributed by atoms with E-state index < -0.39 is 26.0 Å². The minimum atomic E-state index is -3.93. The van der Waals surface area contributed by atoms with E-state index in [1.54, 1.807) is 19.9 Å². The number of piperidine rings is 1. The van der Waals surface area contributed by atoms with Crippen LogP contribution in [0, 0.1) is 25.7 Å². The molecule has 0 spiro atoms. The fourth-order valence-electron chi connectivity index (χ4n) is 4.60. The van der Waals surface area contributed by atoms with Crippen LogP contribution in [0.1, 0.15) is 42.0 Å². The van der Waals surface area contributed by atoms with E-state index in [1.807, 2.05) is 13.8 Å². The van der Waals surface area contributed by atoms with Gasteiger partial charge in [0, 0.05) is 35.7 Å². The normalized spacial score (nSPS) is 18.6. The van der Waals surface area contributed by atoms with Crippen LogP contribution in [-0.2, 0) is 20.0 Å². The number of carbonyl (C=O) groups is 1. The zero-order chi connectivity index (χ0) is 27.7. The number of nitrogens with zero attached hydrogens (tertiary/aromatic N) is 3. The van der Waals surface area contributed by atoms with E-state index in [0.29, 0.717) is 30.2 Å². The van der Waals surface area contributed by atoms with Crippen LogP contribution in [0.25, 0.3) is 0 Å². The highest BCUT2D eigenvalue weighted by Crippen LogP contribution is 2.27. The number of nitrogens with one attached hydrogen (secondary N) is 2. The van der Waals surface area contributed by atoms with Crippen molar-refractivity contribution in [3.63, 3.8) is 0 Å². The van der Waals surface area contributed by atoms with Crippen molar-refractivity contribution in [1.82, 2.24) is 14.3 Å². The predicted octanol–water partition coefficient (Wildman–Crippen LogP) is 3.81. The Bertz CT molecular complexity index is 1510. The topological polar surface area (TPSA) is 138 Å². The van der Waals surface area contributed by atoms with Crippen LogP contribution in [0.4, 0.5) is 11.6 Å². The Morgan fingerprint density at radius 2 is 1.37 bits per heavy atom. The van der Waals surface area contributed by atoms with Crippen molar-refractivity contribution < 1.29 is 21.6 Å². The molecule has 2 aromatic carbocycles. The molecule has 1 fully saturated rings. The van der Waals surface area contributed by atoms with E-state index in [4.69, 9.17) is 0 Å². The van der Waals surface area contributed by atoms with Gasteiger partial charge in [0.2, 0.25) is 16.0 Å². The van der Waals surface area contributed by atoms with Gasteiger partial charge in [-0.05, 0) is 86.7 Å². The maximum atomic E-state index is 13.1. The summed E-state index contributed by atoms with van der Waals surface area (Å²) in [6.45, 7) is 8.53. The van der Waals surface area contributed by atoms with Gasteiger partial charge in [-0.25, -0.2) is 31.5 Å². The fourth-order valence-corrected chi connectivity index (χ4v) is 7.22. The first-order chi connectivity index (χ1) is 17.8.